The number of aliphatic hydroxyl groups is 1. The molecule has 0 saturated heterocycles. The van der Waals surface area contributed by atoms with Crippen LogP contribution in [0.4, 0.5) is 4.39 Å². The van der Waals surface area contributed by atoms with Gasteiger partial charge in [-0.15, -0.1) is 0 Å². The van der Waals surface area contributed by atoms with Crippen molar-refractivity contribution in [3.63, 3.8) is 0 Å². The minimum atomic E-state index is -5.07. The number of quaternary nitrogens is 1. The van der Waals surface area contributed by atoms with Crippen LogP contribution in [0.15, 0.2) is 35.3 Å². The van der Waals surface area contributed by atoms with Crippen molar-refractivity contribution in [3.8, 4) is 17.1 Å². The first-order valence-electron chi connectivity index (χ1n) is 12.6. The number of phosphoric acid groups is 1. The average molecular weight is 561 g/mol. The zero-order valence-corrected chi connectivity index (χ0v) is 23.4. The third-order valence-corrected chi connectivity index (χ3v) is 8.59. The van der Waals surface area contributed by atoms with Gasteiger partial charge in [-0.2, -0.15) is 0 Å². The molecule has 0 spiro atoms. The van der Waals surface area contributed by atoms with Gasteiger partial charge in [0.2, 0.25) is 0 Å². The third kappa shape index (κ3) is 4.38. The van der Waals surface area contributed by atoms with Crippen LogP contribution in [-0.2, 0) is 34.6 Å². The lowest BCUT2D eigenvalue weighted by molar-refractivity contribution is -0.924. The minimum Gasteiger partial charge on any atom is -0.490 e. The molecular formula is C27H32FN3O7P+. The normalized spacial score (nSPS) is 18.7. The molecule has 3 aromatic rings. The Hall–Kier alpha value is -3.08. The van der Waals surface area contributed by atoms with Crippen molar-refractivity contribution in [2.45, 2.75) is 58.5 Å². The van der Waals surface area contributed by atoms with Crippen molar-refractivity contribution in [1.29, 1.82) is 0 Å². The van der Waals surface area contributed by atoms with E-state index in [-0.39, 0.29) is 54.6 Å². The number of pyridine rings is 2. The van der Waals surface area contributed by atoms with Crippen LogP contribution < -0.4 is 10.1 Å². The molecule has 0 bridgehead atoms. The number of aromatic nitrogens is 2. The Morgan fingerprint density at radius 1 is 1.31 bits per heavy atom. The van der Waals surface area contributed by atoms with E-state index in [0.717, 1.165) is 6.07 Å². The second-order valence-electron chi connectivity index (χ2n) is 11.1. The molecule has 0 aliphatic carbocycles. The second kappa shape index (κ2) is 8.97. The quantitative estimate of drug-likeness (QED) is 0.241. The van der Waals surface area contributed by atoms with Gasteiger partial charge < -0.3 is 23.4 Å². The molecule has 10 nitrogen and oxygen atoms in total. The standard InChI is InChI=1S/C27H31FN3O7P/c1-7-27(33)15(4)37-13-19-20(27)9-23-24-16(11-30(23)26(19)32)8-17-18(12-31(5,6)14(2)3)25(38-39(34,35)36)21(28)10-22(17)29-24/h8-10,14,33H,4,7,11-13H2,1-3,5-6H3,(H-,34,35,36)/p+1/t27-/m1/s1. The number of fused-ring (bicyclic) bond motifs is 5. The van der Waals surface area contributed by atoms with Crippen molar-refractivity contribution >= 4 is 18.7 Å². The molecule has 12 heteroatoms. The van der Waals surface area contributed by atoms with Gasteiger partial charge in [0.1, 0.15) is 24.5 Å². The maximum Gasteiger partial charge on any atom is 0.524 e. The average Bonchev–Trinajstić information content (AvgIpc) is 3.20. The fourth-order valence-corrected chi connectivity index (χ4v) is 5.65. The summed E-state index contributed by atoms with van der Waals surface area (Å²) in [6.07, 6.45) is 0.251. The van der Waals surface area contributed by atoms with Crippen molar-refractivity contribution in [1.82, 2.24) is 9.55 Å². The lowest BCUT2D eigenvalue weighted by atomic mass is 9.84. The Balaban J connectivity index is 1.76. The first kappa shape index (κ1) is 27.5. The van der Waals surface area contributed by atoms with Gasteiger partial charge in [-0.05, 0) is 32.4 Å². The van der Waals surface area contributed by atoms with Crippen LogP contribution in [-0.4, -0.2) is 49.1 Å². The number of phosphoric ester groups is 1. The predicted molar refractivity (Wildman–Crippen MR) is 142 cm³/mol. The fraction of sp³-hybridized carbons (Fsp3) is 0.407. The number of ether oxygens (including phenoxy) is 1. The zero-order valence-electron chi connectivity index (χ0n) is 22.5. The van der Waals surface area contributed by atoms with E-state index in [1.165, 1.54) is 0 Å². The number of benzene rings is 1. The summed E-state index contributed by atoms with van der Waals surface area (Å²) in [5, 5.41) is 11.8. The van der Waals surface area contributed by atoms with E-state index in [2.05, 4.69) is 6.58 Å². The van der Waals surface area contributed by atoms with Gasteiger partial charge in [0, 0.05) is 22.6 Å². The SMILES string of the molecule is C=C1OCc2c(cc3n(c2=O)Cc2cc4c(C[N+](C)(C)C(C)C)c(OP(=O)(O)O)c(F)cc4nc2-3)[C@@]1(O)CC. The minimum absolute atomic E-state index is 0.0119. The van der Waals surface area contributed by atoms with Crippen LogP contribution >= 0.6 is 7.82 Å². The third-order valence-electron chi connectivity index (χ3n) is 8.16. The topological polar surface area (TPSA) is 131 Å². The largest absolute Gasteiger partial charge is 0.524 e. The Morgan fingerprint density at radius 2 is 2.00 bits per heavy atom. The van der Waals surface area contributed by atoms with Crippen molar-refractivity contribution in [2.24, 2.45) is 0 Å². The number of nitrogens with zero attached hydrogens (tertiary/aromatic N) is 3. The van der Waals surface area contributed by atoms with E-state index < -0.39 is 25.0 Å². The number of hydrogen-bond acceptors (Lipinski definition) is 6. The van der Waals surface area contributed by atoms with Gasteiger partial charge in [-0.25, -0.2) is 13.9 Å². The van der Waals surface area contributed by atoms with Gasteiger partial charge in [-0.3, -0.25) is 14.6 Å². The molecule has 4 heterocycles. The summed E-state index contributed by atoms with van der Waals surface area (Å²) in [7, 11) is -1.22. The molecule has 0 unspecified atom stereocenters. The summed E-state index contributed by atoms with van der Waals surface area (Å²) < 4.78 is 39.5. The summed E-state index contributed by atoms with van der Waals surface area (Å²) in [4.78, 5) is 37.3. The van der Waals surface area contributed by atoms with E-state index in [1.807, 2.05) is 27.9 Å². The van der Waals surface area contributed by atoms with Crippen LogP contribution in [0.25, 0.3) is 22.3 Å². The first-order chi connectivity index (χ1) is 18.1. The van der Waals surface area contributed by atoms with Crippen molar-refractivity contribution in [3.05, 3.63) is 69.0 Å². The predicted octanol–water partition coefficient (Wildman–Crippen LogP) is 3.66. The second-order valence-corrected chi connectivity index (χ2v) is 12.2. The van der Waals surface area contributed by atoms with Gasteiger partial charge in [-0.1, -0.05) is 13.5 Å². The van der Waals surface area contributed by atoms with Crippen LogP contribution in [0.3, 0.4) is 0 Å². The maximum atomic E-state index is 15.4. The molecule has 1 aromatic carbocycles. The van der Waals surface area contributed by atoms with Crippen LogP contribution in [0.1, 0.15) is 49.4 Å². The molecule has 2 aliphatic heterocycles. The monoisotopic (exact) mass is 560 g/mol. The summed E-state index contributed by atoms with van der Waals surface area (Å²) in [6, 6.07) is 4.67. The maximum absolute atomic E-state index is 15.4. The molecule has 0 radical (unpaired) electrons. The van der Waals surface area contributed by atoms with E-state index in [0.29, 0.717) is 37.9 Å². The highest BCUT2D eigenvalue weighted by Crippen LogP contribution is 2.46. The molecule has 2 aromatic heterocycles. The smallest absolute Gasteiger partial charge is 0.490 e. The molecule has 0 saturated carbocycles. The Morgan fingerprint density at radius 3 is 2.62 bits per heavy atom. The van der Waals surface area contributed by atoms with Gasteiger partial charge in [0.25, 0.3) is 5.56 Å². The number of rotatable bonds is 6. The first-order valence-corrected chi connectivity index (χ1v) is 14.2. The Labute approximate surface area is 224 Å². The van der Waals surface area contributed by atoms with E-state index >= 15 is 4.39 Å². The molecule has 0 fully saturated rings. The van der Waals surface area contributed by atoms with Crippen LogP contribution in [0, 0.1) is 5.82 Å². The highest BCUT2D eigenvalue weighted by atomic mass is 31.2. The zero-order chi connectivity index (χ0) is 28.7. The molecule has 39 heavy (non-hydrogen) atoms. The summed E-state index contributed by atoms with van der Waals surface area (Å²) in [5.41, 5.74) is 1.04. The lowest BCUT2D eigenvalue weighted by Gasteiger charge is -2.35. The van der Waals surface area contributed by atoms with Crippen molar-refractivity contribution in [2.75, 3.05) is 14.1 Å². The molecule has 1 atom stereocenters. The van der Waals surface area contributed by atoms with Crippen molar-refractivity contribution < 1.29 is 37.6 Å². The summed E-state index contributed by atoms with van der Waals surface area (Å²) in [6.45, 7) is 9.95. The summed E-state index contributed by atoms with van der Waals surface area (Å²) in [5.74, 6) is -1.30. The van der Waals surface area contributed by atoms with E-state index in [4.69, 9.17) is 14.2 Å². The van der Waals surface area contributed by atoms with Gasteiger partial charge in [0.15, 0.2) is 11.6 Å². The Bertz CT molecular complexity index is 1660. The lowest BCUT2D eigenvalue weighted by Crippen LogP contribution is -2.44. The summed E-state index contributed by atoms with van der Waals surface area (Å²) >= 11 is 0. The fourth-order valence-electron chi connectivity index (χ4n) is 5.22. The molecule has 2 aliphatic rings. The van der Waals surface area contributed by atoms with E-state index in [1.54, 1.807) is 23.6 Å². The van der Waals surface area contributed by atoms with Gasteiger partial charge in [0.05, 0.1) is 54.7 Å². The molecule has 0 amide bonds. The van der Waals surface area contributed by atoms with Gasteiger partial charge >= 0.3 is 7.82 Å². The van der Waals surface area contributed by atoms with E-state index in [9.17, 15) is 24.3 Å². The van der Waals surface area contributed by atoms with Crippen LogP contribution in [0.2, 0.25) is 0 Å². The molecule has 208 valence electrons. The van der Waals surface area contributed by atoms with Crippen LogP contribution in [0.5, 0.6) is 5.75 Å². The highest BCUT2D eigenvalue weighted by Gasteiger charge is 2.41. The number of hydrogen-bond donors (Lipinski definition) is 3. The molecule has 3 N–H and O–H groups in total. The molecular weight excluding hydrogens is 528 g/mol. The highest BCUT2D eigenvalue weighted by molar-refractivity contribution is 7.46. The Kier molecular flexibility index (Phi) is 6.32. The number of halogens is 1. The molecule has 5 rings (SSSR count).